The highest BCUT2D eigenvalue weighted by Gasteiger charge is 2.15. The quantitative estimate of drug-likeness (QED) is 0.507. The molecule has 110 valence electrons. The zero-order valence-corrected chi connectivity index (χ0v) is 11.5. The van der Waals surface area contributed by atoms with E-state index < -0.39 is 4.92 Å². The monoisotopic (exact) mass is 280 g/mol. The van der Waals surface area contributed by atoms with Crippen LogP contribution >= 0.6 is 0 Å². The summed E-state index contributed by atoms with van der Waals surface area (Å²) in [5, 5.41) is 13.6. The number of aromatic nitrogens is 2. The van der Waals surface area contributed by atoms with Gasteiger partial charge < -0.3 is 20.0 Å². The molecule has 7 nitrogen and oxygen atoms in total. The predicted octanol–water partition coefficient (Wildman–Crippen LogP) is 2.02. The van der Waals surface area contributed by atoms with Crippen molar-refractivity contribution in [3.8, 4) is 0 Å². The highest BCUT2D eigenvalue weighted by atomic mass is 16.6. The van der Waals surface area contributed by atoms with Crippen molar-refractivity contribution in [3.05, 3.63) is 22.6 Å². The fourth-order valence-electron chi connectivity index (χ4n) is 2.52. The summed E-state index contributed by atoms with van der Waals surface area (Å²) < 4.78 is 1.57. The van der Waals surface area contributed by atoms with Gasteiger partial charge in [-0.05, 0) is 22.7 Å². The predicted molar refractivity (Wildman–Crippen MR) is 73.1 cm³/mol. The van der Waals surface area contributed by atoms with Crippen LogP contribution in [0.25, 0.3) is 0 Å². The summed E-state index contributed by atoms with van der Waals surface area (Å²) in [6, 6.07) is 0.294. The zero-order valence-electron chi connectivity index (χ0n) is 11.5. The van der Waals surface area contributed by atoms with Gasteiger partial charge in [0, 0.05) is 19.0 Å². The van der Waals surface area contributed by atoms with E-state index in [9.17, 15) is 14.9 Å². The third-order valence-electron chi connectivity index (χ3n) is 3.62. The third kappa shape index (κ3) is 4.32. The van der Waals surface area contributed by atoms with Gasteiger partial charge in [-0.15, -0.1) is 0 Å². The number of nitrogens with zero attached hydrogens (tertiary/aromatic N) is 3. The molecule has 1 saturated carbocycles. The Kier molecular flexibility index (Phi) is 5.09. The number of carbonyl (C=O) groups excluding carboxylic acids is 1. The summed E-state index contributed by atoms with van der Waals surface area (Å²) in [5.41, 5.74) is 0. The number of aryl methyl sites for hydroxylation is 1. The Labute approximate surface area is 117 Å². The molecule has 1 aliphatic carbocycles. The first-order valence-electron chi connectivity index (χ1n) is 7.10. The molecule has 1 amide bonds. The molecule has 0 unspecified atom stereocenters. The van der Waals surface area contributed by atoms with E-state index in [-0.39, 0.29) is 11.7 Å². The first kappa shape index (κ1) is 14.5. The van der Waals surface area contributed by atoms with Crippen molar-refractivity contribution in [2.75, 3.05) is 0 Å². The second-order valence-electron chi connectivity index (χ2n) is 5.23. The van der Waals surface area contributed by atoms with Crippen molar-refractivity contribution < 1.29 is 9.72 Å². The van der Waals surface area contributed by atoms with E-state index in [1.165, 1.54) is 38.2 Å². The molecule has 0 saturated heterocycles. The minimum atomic E-state index is -0.540. The van der Waals surface area contributed by atoms with Gasteiger partial charge in [-0.25, -0.2) is 0 Å². The van der Waals surface area contributed by atoms with Gasteiger partial charge >= 0.3 is 5.82 Å². The highest BCUT2D eigenvalue weighted by Crippen LogP contribution is 2.17. The maximum atomic E-state index is 11.9. The first-order valence-corrected chi connectivity index (χ1v) is 7.10. The zero-order chi connectivity index (χ0) is 14.4. The average molecular weight is 280 g/mol. The molecule has 1 fully saturated rings. The van der Waals surface area contributed by atoms with Crippen LogP contribution < -0.4 is 5.32 Å². The lowest BCUT2D eigenvalue weighted by molar-refractivity contribution is -0.389. The third-order valence-corrected chi connectivity index (χ3v) is 3.62. The van der Waals surface area contributed by atoms with Gasteiger partial charge in [0.25, 0.3) is 0 Å². The molecule has 0 spiro atoms. The maximum Gasteiger partial charge on any atom is 0.381 e. The standard InChI is InChI=1S/C13H20N4O3/c18-13(15-11-5-3-1-2-4-6-11)7-8-16-9-12(14-10-16)17(19)20/h9-11H,1-8H2,(H,15,18). The maximum absolute atomic E-state index is 11.9. The molecule has 0 atom stereocenters. The Bertz CT molecular complexity index is 464. The molecular weight excluding hydrogens is 260 g/mol. The molecule has 0 aliphatic heterocycles. The smallest absolute Gasteiger partial charge is 0.358 e. The molecule has 1 aliphatic rings. The van der Waals surface area contributed by atoms with Crippen LogP contribution in [-0.4, -0.2) is 26.4 Å². The summed E-state index contributed by atoms with van der Waals surface area (Å²) in [6.45, 7) is 0.416. The Morgan fingerprint density at radius 1 is 1.40 bits per heavy atom. The van der Waals surface area contributed by atoms with Crippen LogP contribution in [0.1, 0.15) is 44.9 Å². The number of nitrogens with one attached hydrogen (secondary N) is 1. The Morgan fingerprint density at radius 3 is 2.70 bits per heavy atom. The molecule has 20 heavy (non-hydrogen) atoms. The minimum Gasteiger partial charge on any atom is -0.358 e. The fourth-order valence-corrected chi connectivity index (χ4v) is 2.52. The van der Waals surface area contributed by atoms with Gasteiger partial charge in [-0.3, -0.25) is 4.79 Å². The van der Waals surface area contributed by atoms with E-state index in [4.69, 9.17) is 0 Å². The molecule has 0 bridgehead atoms. The Balaban J connectivity index is 1.74. The lowest BCUT2D eigenvalue weighted by Gasteiger charge is -2.16. The van der Waals surface area contributed by atoms with Crippen molar-refractivity contribution in [1.82, 2.24) is 14.9 Å². The topological polar surface area (TPSA) is 90.1 Å². The molecule has 0 radical (unpaired) electrons. The number of rotatable bonds is 5. The van der Waals surface area contributed by atoms with Crippen LogP contribution in [-0.2, 0) is 11.3 Å². The van der Waals surface area contributed by atoms with Crippen molar-refractivity contribution in [2.24, 2.45) is 0 Å². The number of carbonyl (C=O) groups is 1. The summed E-state index contributed by atoms with van der Waals surface area (Å²) in [7, 11) is 0. The lowest BCUT2D eigenvalue weighted by atomic mass is 10.1. The molecule has 2 rings (SSSR count). The van der Waals surface area contributed by atoms with E-state index in [0.29, 0.717) is 19.0 Å². The lowest BCUT2D eigenvalue weighted by Crippen LogP contribution is -2.34. The molecule has 1 aromatic heterocycles. The van der Waals surface area contributed by atoms with Crippen LogP contribution in [0.2, 0.25) is 0 Å². The average Bonchev–Trinajstić information content (AvgIpc) is 2.75. The minimum absolute atomic E-state index is 0.00764. The van der Waals surface area contributed by atoms with Gasteiger partial charge in [0.2, 0.25) is 12.2 Å². The number of hydrogen-bond acceptors (Lipinski definition) is 4. The van der Waals surface area contributed by atoms with E-state index in [0.717, 1.165) is 12.8 Å². The van der Waals surface area contributed by atoms with Gasteiger partial charge in [0.05, 0.1) is 0 Å². The van der Waals surface area contributed by atoms with Crippen molar-refractivity contribution in [1.29, 1.82) is 0 Å². The molecule has 1 aromatic rings. The van der Waals surface area contributed by atoms with E-state index >= 15 is 0 Å². The van der Waals surface area contributed by atoms with Crippen LogP contribution in [0.5, 0.6) is 0 Å². The van der Waals surface area contributed by atoms with E-state index in [1.54, 1.807) is 4.57 Å². The van der Waals surface area contributed by atoms with Crippen LogP contribution in [0.15, 0.2) is 12.5 Å². The molecular formula is C13H20N4O3. The van der Waals surface area contributed by atoms with Crippen molar-refractivity contribution >= 4 is 11.7 Å². The summed E-state index contributed by atoms with van der Waals surface area (Å²) in [5.74, 6) is -0.178. The fraction of sp³-hybridized carbons (Fsp3) is 0.692. The van der Waals surface area contributed by atoms with Gasteiger partial charge in [-0.2, -0.15) is 0 Å². The number of amides is 1. The largest absolute Gasteiger partial charge is 0.381 e. The van der Waals surface area contributed by atoms with E-state index in [1.807, 2.05) is 0 Å². The first-order chi connectivity index (χ1) is 9.65. The SMILES string of the molecule is O=C(CCn1cnc([N+](=O)[O-])c1)NC1CCCCCC1. The Morgan fingerprint density at radius 2 is 2.10 bits per heavy atom. The molecule has 7 heteroatoms. The Hall–Kier alpha value is -1.92. The van der Waals surface area contributed by atoms with Crippen molar-refractivity contribution in [3.63, 3.8) is 0 Å². The number of imidazole rings is 1. The van der Waals surface area contributed by atoms with Gasteiger partial charge in [-0.1, -0.05) is 25.7 Å². The molecule has 1 heterocycles. The molecule has 1 N–H and O–H groups in total. The summed E-state index contributed by atoms with van der Waals surface area (Å²) >= 11 is 0. The van der Waals surface area contributed by atoms with Gasteiger partial charge in [0.15, 0.2) is 0 Å². The molecule has 0 aromatic carbocycles. The van der Waals surface area contributed by atoms with Crippen LogP contribution in [0.3, 0.4) is 0 Å². The van der Waals surface area contributed by atoms with Crippen LogP contribution in [0, 0.1) is 10.1 Å². The van der Waals surface area contributed by atoms with E-state index in [2.05, 4.69) is 10.3 Å². The second-order valence-corrected chi connectivity index (χ2v) is 5.23. The van der Waals surface area contributed by atoms with Crippen molar-refractivity contribution in [2.45, 2.75) is 57.5 Å². The summed E-state index contributed by atoms with van der Waals surface area (Å²) in [6.07, 6.45) is 10.0. The summed E-state index contributed by atoms with van der Waals surface area (Å²) in [4.78, 5) is 25.5. The normalized spacial score (nSPS) is 16.6. The number of nitro groups is 1. The van der Waals surface area contributed by atoms with Crippen LogP contribution in [0.4, 0.5) is 5.82 Å². The van der Waals surface area contributed by atoms with Gasteiger partial charge in [0.1, 0.15) is 6.20 Å². The highest BCUT2D eigenvalue weighted by molar-refractivity contribution is 5.76. The second kappa shape index (κ2) is 7.02. The number of hydrogen-bond donors (Lipinski definition) is 1.